The molecule has 0 unspecified atom stereocenters. The van der Waals surface area contributed by atoms with Crippen LogP contribution in [0.4, 0.5) is 0 Å². The molecule has 5 rings (SSSR count). The summed E-state index contributed by atoms with van der Waals surface area (Å²) in [6.07, 6.45) is 4.69. The lowest BCUT2D eigenvalue weighted by Gasteiger charge is -2.62. The first-order chi connectivity index (χ1) is 12.7. The molecule has 1 spiro atoms. The van der Waals surface area contributed by atoms with Crippen molar-refractivity contribution in [3.8, 4) is 11.5 Å². The number of phenols is 1. The van der Waals surface area contributed by atoms with E-state index in [0.29, 0.717) is 6.42 Å². The number of hydrogen-bond acceptors (Lipinski definition) is 6. The van der Waals surface area contributed by atoms with Crippen LogP contribution in [0.2, 0.25) is 0 Å². The Labute approximate surface area is 169 Å². The highest BCUT2D eigenvalue weighted by molar-refractivity contribution is 6.03. The molecule has 0 saturated carbocycles. The van der Waals surface area contributed by atoms with Crippen molar-refractivity contribution in [3.05, 3.63) is 35.4 Å². The van der Waals surface area contributed by atoms with Crippen molar-refractivity contribution in [1.82, 2.24) is 4.90 Å². The number of likely N-dealkylation sites (N-methyl/N-ethyl adjacent to an activating group) is 1. The van der Waals surface area contributed by atoms with E-state index in [1.807, 2.05) is 12.1 Å². The number of aliphatic hydroxyl groups is 1. The molecular weight excluding hydrogens is 382 g/mol. The van der Waals surface area contributed by atoms with E-state index in [4.69, 9.17) is 4.74 Å². The van der Waals surface area contributed by atoms with Gasteiger partial charge in [0.2, 0.25) is 5.60 Å². The molecule has 4 aliphatic rings. The number of ketones is 2. The van der Waals surface area contributed by atoms with Gasteiger partial charge in [-0.2, -0.15) is 0 Å². The second kappa shape index (κ2) is 5.59. The number of hydrogen-bond donors (Lipinski definition) is 2. The summed E-state index contributed by atoms with van der Waals surface area (Å²) in [7, 11) is 2.06. The van der Waals surface area contributed by atoms with Gasteiger partial charge in [0.1, 0.15) is 0 Å². The normalized spacial score (nSPS) is 39.6. The predicted octanol–water partition coefficient (Wildman–Crippen LogP) is 1.54. The zero-order valence-electron chi connectivity index (χ0n) is 16.1. The molecular formula is C21H24ClNO5. The van der Waals surface area contributed by atoms with E-state index in [-0.39, 0.29) is 41.6 Å². The fourth-order valence-corrected chi connectivity index (χ4v) is 6.38. The Morgan fingerprint density at radius 3 is 2.61 bits per heavy atom. The first-order valence-corrected chi connectivity index (χ1v) is 9.39. The van der Waals surface area contributed by atoms with Crippen molar-refractivity contribution in [2.24, 2.45) is 5.92 Å². The van der Waals surface area contributed by atoms with Gasteiger partial charge < -0.3 is 19.8 Å². The van der Waals surface area contributed by atoms with Gasteiger partial charge in [0.05, 0.1) is 5.41 Å². The molecule has 5 atom stereocenters. The zero-order valence-corrected chi connectivity index (χ0v) is 16.9. The van der Waals surface area contributed by atoms with Gasteiger partial charge in [-0.3, -0.25) is 9.59 Å². The average Bonchev–Trinajstić information content (AvgIpc) is 2.94. The standard InChI is InChI=1S/C21H23NO5.ClH/c1-11(23)20(26)7-6-14-15-10-13-4-5-16(25)18-17(13)19(14,8-9-22(15)3)21(20,27-18)12(2)24;/h4-7,14-15,25-26H,8-10H2,1-3H3;1H/t14-,15+,19-,20+,21+;/m0./s1. The molecule has 1 fully saturated rings. The lowest BCUT2D eigenvalue weighted by Crippen LogP contribution is -2.79. The molecule has 2 bridgehead atoms. The number of aromatic hydroxyl groups is 1. The topological polar surface area (TPSA) is 87.1 Å². The van der Waals surface area contributed by atoms with Crippen molar-refractivity contribution >= 4 is 24.0 Å². The van der Waals surface area contributed by atoms with Crippen LogP contribution < -0.4 is 4.74 Å². The van der Waals surface area contributed by atoms with Crippen molar-refractivity contribution in [3.63, 3.8) is 0 Å². The van der Waals surface area contributed by atoms with E-state index in [0.717, 1.165) is 24.1 Å². The molecule has 2 N–H and O–H groups in total. The van der Waals surface area contributed by atoms with E-state index in [2.05, 4.69) is 11.9 Å². The molecule has 1 aromatic carbocycles. The van der Waals surface area contributed by atoms with E-state index < -0.39 is 22.4 Å². The van der Waals surface area contributed by atoms with Crippen LogP contribution in [0.25, 0.3) is 0 Å². The number of phenolic OH excluding ortho intramolecular Hbond substituents is 1. The largest absolute Gasteiger partial charge is 0.504 e. The minimum absolute atomic E-state index is 0. The monoisotopic (exact) mass is 405 g/mol. The van der Waals surface area contributed by atoms with Gasteiger partial charge in [-0.15, -0.1) is 12.4 Å². The van der Waals surface area contributed by atoms with Crippen LogP contribution in [0.15, 0.2) is 24.3 Å². The fraction of sp³-hybridized carbons (Fsp3) is 0.524. The first-order valence-electron chi connectivity index (χ1n) is 9.39. The first kappa shape index (κ1) is 19.4. The van der Waals surface area contributed by atoms with Gasteiger partial charge in [0.15, 0.2) is 28.7 Å². The second-order valence-electron chi connectivity index (χ2n) is 8.47. The maximum atomic E-state index is 13.2. The predicted molar refractivity (Wildman–Crippen MR) is 104 cm³/mol. The number of Topliss-reactive ketones (excluding diaryl/α,β-unsaturated/α-hetero) is 2. The molecule has 1 saturated heterocycles. The summed E-state index contributed by atoms with van der Waals surface area (Å²) in [5.41, 5.74) is -2.89. The summed E-state index contributed by atoms with van der Waals surface area (Å²) in [5, 5.41) is 22.1. The molecule has 0 radical (unpaired) electrons. The van der Waals surface area contributed by atoms with Gasteiger partial charge in [-0.1, -0.05) is 12.1 Å². The quantitative estimate of drug-likeness (QED) is 0.726. The lowest BCUT2D eigenvalue weighted by atomic mass is 9.45. The van der Waals surface area contributed by atoms with Crippen LogP contribution in [0, 0.1) is 5.92 Å². The Morgan fingerprint density at radius 1 is 1.25 bits per heavy atom. The summed E-state index contributed by atoms with van der Waals surface area (Å²) in [4.78, 5) is 28.1. The molecule has 0 amide bonds. The maximum absolute atomic E-state index is 13.2. The Kier molecular flexibility index (Phi) is 3.88. The van der Waals surface area contributed by atoms with Crippen LogP contribution in [0.5, 0.6) is 11.5 Å². The van der Waals surface area contributed by atoms with Crippen LogP contribution in [-0.2, 0) is 21.4 Å². The third kappa shape index (κ3) is 1.74. The molecule has 150 valence electrons. The van der Waals surface area contributed by atoms with Gasteiger partial charge in [-0.05, 0) is 58.0 Å². The zero-order chi connectivity index (χ0) is 19.4. The lowest BCUT2D eigenvalue weighted by molar-refractivity contribution is -0.187. The number of halogens is 1. The Bertz CT molecular complexity index is 945. The van der Waals surface area contributed by atoms with Gasteiger partial charge >= 0.3 is 0 Å². The maximum Gasteiger partial charge on any atom is 0.216 e. The molecule has 1 aromatic rings. The summed E-state index contributed by atoms with van der Waals surface area (Å²) >= 11 is 0. The Balaban J connectivity index is 0.00000192. The summed E-state index contributed by atoms with van der Waals surface area (Å²) in [6, 6.07) is 3.59. The molecule has 6 nitrogen and oxygen atoms in total. The highest BCUT2D eigenvalue weighted by atomic mass is 35.5. The third-order valence-corrected chi connectivity index (χ3v) is 7.50. The Morgan fingerprint density at radius 2 is 1.96 bits per heavy atom. The van der Waals surface area contributed by atoms with E-state index >= 15 is 0 Å². The SMILES string of the molecule is CC(=O)[C@@]12Oc3c(O)ccc4c3[C@@]13CCN(C)[C@H](C4)[C@@H]3C=C[C@@]2(O)C(C)=O.Cl. The smallest absolute Gasteiger partial charge is 0.216 e. The minimum atomic E-state index is -2.07. The molecule has 2 aliphatic carbocycles. The van der Waals surface area contributed by atoms with Crippen molar-refractivity contribution in [2.75, 3.05) is 13.6 Å². The number of carbonyl (C=O) groups excluding carboxylic acids is 2. The van der Waals surface area contributed by atoms with Crippen molar-refractivity contribution in [2.45, 2.75) is 49.3 Å². The van der Waals surface area contributed by atoms with Crippen LogP contribution in [-0.4, -0.2) is 57.5 Å². The number of benzene rings is 1. The van der Waals surface area contributed by atoms with Gasteiger partial charge in [0, 0.05) is 17.5 Å². The number of nitrogens with zero attached hydrogens (tertiary/aromatic N) is 1. The number of piperidine rings is 1. The van der Waals surface area contributed by atoms with Crippen LogP contribution >= 0.6 is 12.4 Å². The third-order valence-electron chi connectivity index (χ3n) is 7.50. The summed E-state index contributed by atoms with van der Waals surface area (Å²) in [5.74, 6) is -0.812. The van der Waals surface area contributed by atoms with Crippen molar-refractivity contribution in [1.29, 1.82) is 0 Å². The molecule has 2 heterocycles. The molecule has 7 heteroatoms. The summed E-state index contributed by atoms with van der Waals surface area (Å²) in [6.45, 7) is 3.38. The van der Waals surface area contributed by atoms with Crippen LogP contribution in [0.1, 0.15) is 31.4 Å². The second-order valence-corrected chi connectivity index (χ2v) is 8.47. The van der Waals surface area contributed by atoms with Gasteiger partial charge in [-0.25, -0.2) is 0 Å². The summed E-state index contributed by atoms with van der Waals surface area (Å²) < 4.78 is 6.23. The van der Waals surface area contributed by atoms with E-state index in [1.165, 1.54) is 19.9 Å². The average molecular weight is 406 g/mol. The Hall–Kier alpha value is -1.89. The van der Waals surface area contributed by atoms with E-state index in [9.17, 15) is 19.8 Å². The number of likely N-dealkylation sites (tertiary alicyclic amines) is 1. The fourth-order valence-electron chi connectivity index (χ4n) is 6.38. The highest BCUT2D eigenvalue weighted by Gasteiger charge is 2.79. The van der Waals surface area contributed by atoms with Crippen LogP contribution in [0.3, 0.4) is 0 Å². The highest BCUT2D eigenvalue weighted by Crippen LogP contribution is 2.68. The van der Waals surface area contributed by atoms with Crippen molar-refractivity contribution < 1.29 is 24.5 Å². The molecule has 2 aliphatic heterocycles. The number of carbonyl (C=O) groups is 2. The number of rotatable bonds is 2. The van der Waals surface area contributed by atoms with E-state index in [1.54, 1.807) is 6.07 Å². The minimum Gasteiger partial charge on any atom is -0.504 e. The molecule has 28 heavy (non-hydrogen) atoms. The van der Waals surface area contributed by atoms with Gasteiger partial charge in [0.25, 0.3) is 0 Å². The number of ether oxygens (including phenoxy) is 1. The molecule has 0 aromatic heterocycles.